The van der Waals surface area contributed by atoms with Gasteiger partial charge in [-0.15, -0.1) is 0 Å². The molecule has 2 heterocycles. The molecule has 0 aliphatic carbocycles. The molecule has 0 spiro atoms. The molecule has 5 heteroatoms. The first-order chi connectivity index (χ1) is 8.69. The van der Waals surface area contributed by atoms with E-state index >= 15 is 0 Å². The molecule has 0 unspecified atom stereocenters. The van der Waals surface area contributed by atoms with Gasteiger partial charge in [0.15, 0.2) is 0 Å². The molecule has 0 saturated carbocycles. The fourth-order valence-electron chi connectivity index (χ4n) is 2.45. The molecule has 0 radical (unpaired) electrons. The molecule has 1 saturated heterocycles. The van der Waals surface area contributed by atoms with Crippen molar-refractivity contribution in [2.75, 3.05) is 46.3 Å². The van der Waals surface area contributed by atoms with Crippen LogP contribution in [0.1, 0.15) is 5.69 Å². The number of hydrogen-bond donors (Lipinski definition) is 1. The minimum atomic E-state index is 0.719. The summed E-state index contributed by atoms with van der Waals surface area (Å²) in [6.45, 7) is 7.71. The van der Waals surface area contributed by atoms with E-state index in [9.17, 15) is 0 Å². The van der Waals surface area contributed by atoms with Gasteiger partial charge < -0.3 is 10.6 Å². The molecule has 102 valence electrons. The number of hydrogen-bond acceptors (Lipinski definition) is 3. The summed E-state index contributed by atoms with van der Waals surface area (Å²) in [6.07, 6.45) is 5.35. The van der Waals surface area contributed by atoms with Crippen LogP contribution in [-0.2, 0) is 20.0 Å². The molecule has 0 aromatic carbocycles. The number of rotatable bonds is 5. The summed E-state index contributed by atoms with van der Waals surface area (Å²) in [5, 5.41) is 0. The zero-order valence-corrected chi connectivity index (χ0v) is 11.7. The van der Waals surface area contributed by atoms with Gasteiger partial charge in [-0.3, -0.25) is 4.90 Å². The van der Waals surface area contributed by atoms with Crippen LogP contribution in [0.5, 0.6) is 0 Å². The highest BCUT2D eigenvalue weighted by Crippen LogP contribution is 1.99. The smallest absolute Gasteiger partial charge is 0.243 e. The van der Waals surface area contributed by atoms with Gasteiger partial charge in [0, 0.05) is 39.1 Å². The number of piperazine rings is 1. The maximum atomic E-state index is 5.61. The van der Waals surface area contributed by atoms with Gasteiger partial charge >= 0.3 is 0 Å². The van der Waals surface area contributed by atoms with E-state index in [2.05, 4.69) is 45.6 Å². The van der Waals surface area contributed by atoms with E-state index < -0.39 is 0 Å². The van der Waals surface area contributed by atoms with E-state index in [1.165, 1.54) is 31.9 Å². The van der Waals surface area contributed by atoms with Crippen molar-refractivity contribution in [1.82, 2.24) is 14.4 Å². The summed E-state index contributed by atoms with van der Waals surface area (Å²) in [4.78, 5) is 4.94. The Hall–Kier alpha value is -0.910. The van der Waals surface area contributed by atoms with Crippen molar-refractivity contribution in [2.24, 2.45) is 12.8 Å². The first-order valence-corrected chi connectivity index (χ1v) is 6.84. The molecule has 1 aliphatic rings. The number of nitrogens with two attached hydrogens (primary N) is 1. The third-order valence-electron chi connectivity index (χ3n) is 3.76. The molecular formula is C13H26N5+. The zero-order valence-electron chi connectivity index (χ0n) is 11.7. The third kappa shape index (κ3) is 3.54. The second-order valence-corrected chi connectivity index (χ2v) is 5.27. The lowest BCUT2D eigenvalue weighted by atomic mass is 10.3. The Morgan fingerprint density at radius 2 is 1.94 bits per heavy atom. The number of likely N-dealkylation sites (N-methyl/N-ethyl adjacent to an activating group) is 1. The molecule has 0 bridgehead atoms. The molecule has 1 aliphatic heterocycles. The summed E-state index contributed by atoms with van der Waals surface area (Å²) in [6, 6.07) is 0. The van der Waals surface area contributed by atoms with Gasteiger partial charge in [-0.25, -0.2) is 9.13 Å². The van der Waals surface area contributed by atoms with Crippen molar-refractivity contribution in [1.29, 1.82) is 0 Å². The monoisotopic (exact) mass is 252 g/mol. The van der Waals surface area contributed by atoms with Crippen LogP contribution < -0.4 is 10.3 Å². The number of aromatic nitrogens is 2. The Morgan fingerprint density at radius 1 is 1.22 bits per heavy atom. The van der Waals surface area contributed by atoms with Gasteiger partial charge in [0.2, 0.25) is 6.33 Å². The van der Waals surface area contributed by atoms with Crippen LogP contribution in [0.4, 0.5) is 0 Å². The Bertz CT molecular complexity index is 365. The van der Waals surface area contributed by atoms with Crippen LogP contribution in [-0.4, -0.2) is 60.7 Å². The molecule has 1 aromatic heterocycles. The number of aryl methyl sites for hydroxylation is 1. The van der Waals surface area contributed by atoms with Crippen LogP contribution in [0.2, 0.25) is 0 Å². The standard InChI is InChI=1S/C13H26N5/c1-15-5-7-17(8-6-15)9-10-18-11-13(3-4-14)16(2)12-18/h11-12H,3-10,14H2,1-2H3/q+1. The van der Waals surface area contributed by atoms with Gasteiger partial charge in [-0.1, -0.05) is 0 Å². The van der Waals surface area contributed by atoms with Crippen molar-refractivity contribution >= 4 is 0 Å². The van der Waals surface area contributed by atoms with E-state index in [1.54, 1.807) is 0 Å². The molecule has 2 rings (SSSR count). The predicted octanol–water partition coefficient (Wildman–Crippen LogP) is -0.939. The summed E-state index contributed by atoms with van der Waals surface area (Å²) in [5.41, 5.74) is 6.92. The molecule has 5 nitrogen and oxygen atoms in total. The average molecular weight is 252 g/mol. The van der Waals surface area contributed by atoms with Gasteiger partial charge in [-0.2, -0.15) is 0 Å². The van der Waals surface area contributed by atoms with Crippen LogP contribution in [0.15, 0.2) is 12.5 Å². The number of nitrogens with zero attached hydrogens (tertiary/aromatic N) is 4. The zero-order chi connectivity index (χ0) is 13.0. The lowest BCUT2D eigenvalue weighted by molar-refractivity contribution is -0.696. The lowest BCUT2D eigenvalue weighted by Crippen LogP contribution is -2.48. The van der Waals surface area contributed by atoms with Crippen molar-refractivity contribution in [3.05, 3.63) is 18.2 Å². The van der Waals surface area contributed by atoms with Gasteiger partial charge in [0.25, 0.3) is 0 Å². The Morgan fingerprint density at radius 3 is 2.61 bits per heavy atom. The van der Waals surface area contributed by atoms with E-state index in [0.29, 0.717) is 0 Å². The highest BCUT2D eigenvalue weighted by molar-refractivity contribution is 4.93. The minimum Gasteiger partial charge on any atom is -0.330 e. The van der Waals surface area contributed by atoms with Crippen molar-refractivity contribution < 1.29 is 4.57 Å². The van der Waals surface area contributed by atoms with E-state index in [0.717, 1.165) is 26.1 Å². The first kappa shape index (κ1) is 13.5. The maximum Gasteiger partial charge on any atom is 0.243 e. The molecule has 2 N–H and O–H groups in total. The Balaban J connectivity index is 1.81. The van der Waals surface area contributed by atoms with Crippen LogP contribution in [0, 0.1) is 0 Å². The Kier molecular flexibility index (Phi) is 4.74. The van der Waals surface area contributed by atoms with Crippen molar-refractivity contribution in [2.45, 2.75) is 13.0 Å². The first-order valence-electron chi connectivity index (χ1n) is 6.84. The van der Waals surface area contributed by atoms with E-state index in [-0.39, 0.29) is 0 Å². The minimum absolute atomic E-state index is 0.719. The second kappa shape index (κ2) is 6.31. The lowest BCUT2D eigenvalue weighted by Gasteiger charge is -2.31. The van der Waals surface area contributed by atoms with E-state index in [1.807, 2.05) is 0 Å². The van der Waals surface area contributed by atoms with Crippen molar-refractivity contribution in [3.63, 3.8) is 0 Å². The molecule has 1 aromatic rings. The van der Waals surface area contributed by atoms with Crippen molar-refractivity contribution in [3.8, 4) is 0 Å². The van der Waals surface area contributed by atoms with Crippen LogP contribution in [0.25, 0.3) is 0 Å². The van der Waals surface area contributed by atoms with E-state index in [4.69, 9.17) is 5.73 Å². The van der Waals surface area contributed by atoms with Gasteiger partial charge in [0.05, 0.1) is 7.05 Å². The van der Waals surface area contributed by atoms with Gasteiger partial charge in [-0.05, 0) is 13.6 Å². The highest BCUT2D eigenvalue weighted by atomic mass is 15.3. The topological polar surface area (TPSA) is 41.3 Å². The largest absolute Gasteiger partial charge is 0.330 e. The number of imidazole rings is 1. The SMILES string of the molecule is CN1CCN(CC[n+]2cc(CCN)n(C)c2)CC1. The summed E-state index contributed by atoms with van der Waals surface area (Å²) in [7, 11) is 4.29. The average Bonchev–Trinajstić information content (AvgIpc) is 2.70. The van der Waals surface area contributed by atoms with Gasteiger partial charge in [0.1, 0.15) is 18.4 Å². The second-order valence-electron chi connectivity index (χ2n) is 5.27. The Labute approximate surface area is 110 Å². The molecule has 1 fully saturated rings. The fourth-order valence-corrected chi connectivity index (χ4v) is 2.45. The molecule has 18 heavy (non-hydrogen) atoms. The molecule has 0 amide bonds. The summed E-state index contributed by atoms with van der Waals surface area (Å²) >= 11 is 0. The predicted molar refractivity (Wildman–Crippen MR) is 72.3 cm³/mol. The molecule has 0 atom stereocenters. The normalized spacial score (nSPS) is 18.4. The van der Waals surface area contributed by atoms with Crippen LogP contribution in [0.3, 0.4) is 0 Å². The quantitative estimate of drug-likeness (QED) is 0.688. The van der Waals surface area contributed by atoms with Crippen LogP contribution >= 0.6 is 0 Å². The highest BCUT2D eigenvalue weighted by Gasteiger charge is 2.15. The fraction of sp³-hybridized carbons (Fsp3) is 0.769. The summed E-state index contributed by atoms with van der Waals surface area (Å²) in [5.74, 6) is 0. The third-order valence-corrected chi connectivity index (χ3v) is 3.76. The molecular weight excluding hydrogens is 226 g/mol. The maximum absolute atomic E-state index is 5.61. The summed E-state index contributed by atoms with van der Waals surface area (Å²) < 4.78 is 4.46.